The Morgan fingerprint density at radius 3 is 2.38 bits per heavy atom. The molecule has 0 N–H and O–H groups in total. The van der Waals surface area contributed by atoms with Gasteiger partial charge in [-0.2, -0.15) is 9.50 Å². The Bertz CT molecular complexity index is 1290. The minimum absolute atomic E-state index is 0.319. The molecule has 0 radical (unpaired) electrons. The summed E-state index contributed by atoms with van der Waals surface area (Å²) in [6.45, 7) is 0. The zero-order valence-electron chi connectivity index (χ0n) is 15.8. The van der Waals surface area contributed by atoms with Crippen molar-refractivity contribution in [1.29, 1.82) is 0 Å². The van der Waals surface area contributed by atoms with Gasteiger partial charge in [0, 0.05) is 5.56 Å². The minimum atomic E-state index is -0.365. The van der Waals surface area contributed by atoms with Crippen LogP contribution in [0.3, 0.4) is 0 Å². The second-order valence-corrected chi connectivity index (χ2v) is 7.02. The number of fused-ring (bicyclic) bond motifs is 1. The molecule has 9 heteroatoms. The van der Waals surface area contributed by atoms with Crippen molar-refractivity contribution >= 4 is 22.4 Å². The second-order valence-electron chi connectivity index (χ2n) is 6.01. The number of benzene rings is 2. The van der Waals surface area contributed by atoms with Crippen molar-refractivity contribution in [2.75, 3.05) is 21.3 Å². The van der Waals surface area contributed by atoms with E-state index in [1.807, 2.05) is 0 Å². The quantitative estimate of drug-likeness (QED) is 0.501. The van der Waals surface area contributed by atoms with E-state index in [1.54, 1.807) is 30.3 Å². The summed E-state index contributed by atoms with van der Waals surface area (Å²) < 4.78 is 31.1. The van der Waals surface area contributed by atoms with Crippen molar-refractivity contribution < 1.29 is 18.6 Å². The highest BCUT2D eigenvalue weighted by Gasteiger charge is 2.18. The van der Waals surface area contributed by atoms with Crippen LogP contribution in [0.2, 0.25) is 0 Å². The van der Waals surface area contributed by atoms with Gasteiger partial charge >= 0.3 is 0 Å². The van der Waals surface area contributed by atoms with Gasteiger partial charge in [0.25, 0.3) is 5.56 Å². The van der Waals surface area contributed by atoms with Crippen molar-refractivity contribution in [1.82, 2.24) is 14.6 Å². The third-order valence-corrected chi connectivity index (χ3v) is 5.21. The highest BCUT2D eigenvalue weighted by atomic mass is 32.1. The number of ether oxygens (including phenoxy) is 3. The zero-order valence-corrected chi connectivity index (χ0v) is 16.6. The van der Waals surface area contributed by atoms with Gasteiger partial charge in [-0.3, -0.25) is 4.79 Å². The lowest BCUT2D eigenvalue weighted by Gasteiger charge is -2.12. The summed E-state index contributed by atoms with van der Waals surface area (Å²) >= 11 is 1.18. The van der Waals surface area contributed by atoms with Gasteiger partial charge in [-0.05, 0) is 35.9 Å². The van der Waals surface area contributed by atoms with E-state index in [1.165, 1.54) is 49.3 Å². The smallest absolute Gasteiger partial charge is 0.291 e. The number of nitrogens with zero attached hydrogens (tertiary/aromatic N) is 3. The molecule has 2 aromatic carbocycles. The molecule has 29 heavy (non-hydrogen) atoms. The average Bonchev–Trinajstić information content (AvgIpc) is 3.26. The lowest BCUT2D eigenvalue weighted by Crippen LogP contribution is -2.23. The van der Waals surface area contributed by atoms with Gasteiger partial charge in [0.1, 0.15) is 5.82 Å². The highest BCUT2D eigenvalue weighted by Crippen LogP contribution is 2.40. The average molecular weight is 413 g/mol. The second kappa shape index (κ2) is 7.51. The molecule has 0 saturated carbocycles. The maximum absolute atomic E-state index is 13.4. The Morgan fingerprint density at radius 2 is 1.79 bits per heavy atom. The fourth-order valence-corrected chi connectivity index (χ4v) is 3.82. The molecule has 148 valence electrons. The summed E-state index contributed by atoms with van der Waals surface area (Å²) in [6.07, 6.45) is 1.62. The van der Waals surface area contributed by atoms with Gasteiger partial charge in [0.15, 0.2) is 17.3 Å². The zero-order chi connectivity index (χ0) is 20.5. The first-order valence-corrected chi connectivity index (χ1v) is 9.33. The number of thiazole rings is 1. The molecule has 0 unspecified atom stereocenters. The number of aromatic nitrogens is 3. The monoisotopic (exact) mass is 413 g/mol. The molecule has 0 aliphatic rings. The van der Waals surface area contributed by atoms with Gasteiger partial charge < -0.3 is 14.2 Å². The van der Waals surface area contributed by atoms with Crippen molar-refractivity contribution in [3.8, 4) is 28.6 Å². The third kappa shape index (κ3) is 3.40. The fraction of sp³-hybridized carbons (Fsp3) is 0.150. The van der Waals surface area contributed by atoms with Gasteiger partial charge in [-0.15, -0.1) is 5.10 Å². The molecule has 0 amide bonds. The molecule has 2 aromatic heterocycles. The van der Waals surface area contributed by atoms with Crippen LogP contribution >= 0.6 is 11.3 Å². The minimum Gasteiger partial charge on any atom is -0.493 e. The van der Waals surface area contributed by atoms with Crippen LogP contribution < -0.4 is 24.3 Å². The third-order valence-electron chi connectivity index (χ3n) is 4.25. The highest BCUT2D eigenvalue weighted by molar-refractivity contribution is 7.15. The topological polar surface area (TPSA) is 75.0 Å². The summed E-state index contributed by atoms with van der Waals surface area (Å²) in [7, 11) is 4.56. The van der Waals surface area contributed by atoms with Crippen LogP contribution in [0.1, 0.15) is 5.56 Å². The van der Waals surface area contributed by atoms with Crippen LogP contribution in [0.5, 0.6) is 17.2 Å². The molecular weight excluding hydrogens is 397 g/mol. The van der Waals surface area contributed by atoms with Crippen LogP contribution in [0, 0.1) is 5.82 Å². The molecule has 7 nitrogen and oxygen atoms in total. The van der Waals surface area contributed by atoms with Gasteiger partial charge in [-0.1, -0.05) is 23.5 Å². The van der Waals surface area contributed by atoms with E-state index in [0.717, 1.165) is 0 Å². The number of rotatable bonds is 5. The maximum atomic E-state index is 13.4. The molecule has 4 aromatic rings. The molecule has 4 rings (SSSR count). The fourth-order valence-electron chi connectivity index (χ4n) is 2.91. The molecule has 2 heterocycles. The summed E-state index contributed by atoms with van der Waals surface area (Å²) in [5, 5.41) is 4.33. The Morgan fingerprint density at radius 1 is 1.07 bits per heavy atom. The largest absolute Gasteiger partial charge is 0.493 e. The van der Waals surface area contributed by atoms with Crippen molar-refractivity contribution in [3.05, 3.63) is 62.7 Å². The van der Waals surface area contributed by atoms with E-state index in [0.29, 0.717) is 43.7 Å². The Kier molecular flexibility index (Phi) is 4.89. The summed E-state index contributed by atoms with van der Waals surface area (Å²) in [4.78, 5) is 17.6. The van der Waals surface area contributed by atoms with Crippen LogP contribution in [0.25, 0.3) is 22.4 Å². The summed E-state index contributed by atoms with van der Waals surface area (Å²) in [5.74, 6) is 1.36. The molecule has 0 saturated heterocycles. The normalized spacial score (nSPS) is 11.8. The van der Waals surface area contributed by atoms with Crippen LogP contribution in [0.15, 0.2) is 41.2 Å². The van der Waals surface area contributed by atoms with Crippen molar-refractivity contribution in [3.63, 3.8) is 0 Å². The molecule has 0 atom stereocenters. The first-order chi connectivity index (χ1) is 14.0. The predicted octanol–water partition coefficient (Wildman–Crippen LogP) is 2.53. The van der Waals surface area contributed by atoms with E-state index < -0.39 is 0 Å². The lowest BCUT2D eigenvalue weighted by atomic mass is 10.1. The number of hydrogen-bond acceptors (Lipinski definition) is 7. The number of hydrogen-bond donors (Lipinski definition) is 0. The standard InChI is InChI=1S/C20H16FN3O4S/c1-26-14-9-12(10-15(27-2)17(14)28-3)18-22-20-24(23-18)19(25)16(29-20)8-11-5-4-6-13(21)7-11/h4-10H,1-3H3. The van der Waals surface area contributed by atoms with E-state index in [4.69, 9.17) is 14.2 Å². The molecule has 0 aliphatic carbocycles. The number of methoxy groups -OCH3 is 3. The molecular formula is C20H16FN3O4S. The summed E-state index contributed by atoms with van der Waals surface area (Å²) in [6, 6.07) is 9.44. The Hall–Kier alpha value is -3.46. The van der Waals surface area contributed by atoms with E-state index in [9.17, 15) is 9.18 Å². The van der Waals surface area contributed by atoms with E-state index >= 15 is 0 Å². The van der Waals surface area contributed by atoms with E-state index in [-0.39, 0.29) is 11.4 Å². The molecule has 0 fully saturated rings. The van der Waals surface area contributed by atoms with Crippen LogP contribution in [-0.2, 0) is 0 Å². The van der Waals surface area contributed by atoms with Gasteiger partial charge in [0.2, 0.25) is 10.7 Å². The van der Waals surface area contributed by atoms with E-state index in [2.05, 4.69) is 10.1 Å². The first-order valence-electron chi connectivity index (χ1n) is 8.51. The Labute approximate surface area is 168 Å². The van der Waals surface area contributed by atoms with Gasteiger partial charge in [-0.25, -0.2) is 4.39 Å². The van der Waals surface area contributed by atoms with Gasteiger partial charge in [0.05, 0.1) is 25.9 Å². The number of halogens is 1. The Balaban J connectivity index is 1.81. The van der Waals surface area contributed by atoms with Crippen molar-refractivity contribution in [2.45, 2.75) is 0 Å². The van der Waals surface area contributed by atoms with Crippen LogP contribution in [-0.4, -0.2) is 35.9 Å². The SMILES string of the molecule is COc1cc(-c2nc3sc(=Cc4cccc(F)c4)c(=O)n3n2)cc(OC)c1OC. The van der Waals surface area contributed by atoms with Crippen LogP contribution in [0.4, 0.5) is 4.39 Å². The molecule has 0 bridgehead atoms. The lowest BCUT2D eigenvalue weighted by molar-refractivity contribution is 0.324. The molecule has 0 spiro atoms. The van der Waals surface area contributed by atoms with Crippen molar-refractivity contribution in [2.24, 2.45) is 0 Å². The predicted molar refractivity (Wildman–Crippen MR) is 107 cm³/mol. The molecule has 0 aliphatic heterocycles. The maximum Gasteiger partial charge on any atom is 0.291 e. The first kappa shape index (κ1) is 18.9. The summed E-state index contributed by atoms with van der Waals surface area (Å²) in [5.41, 5.74) is 0.891.